The van der Waals surface area contributed by atoms with Gasteiger partial charge in [-0.15, -0.1) is 5.14 Å². The molecule has 0 fully saturated rings. The van der Waals surface area contributed by atoms with Crippen LogP contribution in [0.5, 0.6) is 0 Å². The topological polar surface area (TPSA) is 71.1 Å². The third kappa shape index (κ3) is 1.30. The average Bonchev–Trinajstić information content (AvgIpc) is 2.08. The molecule has 1 heterocycles. The van der Waals surface area contributed by atoms with Crippen LogP contribution in [0.15, 0.2) is 27.9 Å². The molecule has 0 saturated carbocycles. The van der Waals surface area contributed by atoms with E-state index in [1.165, 1.54) is 18.4 Å². The molecule has 0 aliphatic rings. The lowest BCUT2D eigenvalue weighted by atomic mass is 10.7. The molecule has 0 spiro atoms. The summed E-state index contributed by atoms with van der Waals surface area (Å²) in [6.45, 7) is 0. The second-order valence-corrected chi connectivity index (χ2v) is 2.84. The first kappa shape index (κ1) is 6.31. The third-order valence-electron chi connectivity index (χ3n) is 0.760. The quantitative estimate of drug-likeness (QED) is 0.570. The van der Waals surface area contributed by atoms with Crippen molar-refractivity contribution in [3.63, 3.8) is 0 Å². The zero-order valence-corrected chi connectivity index (χ0v) is 5.18. The molecule has 1 N–H and O–H groups in total. The molecule has 0 amide bonds. The number of furan rings is 1. The monoisotopic (exact) mass is 146 g/mol. The Labute approximate surface area is 52.3 Å². The van der Waals surface area contributed by atoms with Crippen molar-refractivity contribution in [2.24, 2.45) is 0 Å². The van der Waals surface area contributed by atoms with Crippen molar-refractivity contribution in [2.75, 3.05) is 0 Å². The van der Waals surface area contributed by atoms with Crippen LogP contribution in [-0.2, 0) is 10.0 Å². The molecule has 0 bridgehead atoms. The minimum atomic E-state index is -3.88. The van der Waals surface area contributed by atoms with Crippen molar-refractivity contribution in [1.82, 2.24) is 5.14 Å². The molecular weight excluding hydrogens is 142 g/mol. The van der Waals surface area contributed by atoms with Crippen molar-refractivity contribution in [3.05, 3.63) is 18.4 Å². The highest BCUT2D eigenvalue weighted by Crippen LogP contribution is 2.05. The Hall–Kier alpha value is -0.810. The van der Waals surface area contributed by atoms with Gasteiger partial charge in [-0.3, -0.25) is 0 Å². The molecule has 1 aromatic heterocycles. The summed E-state index contributed by atoms with van der Waals surface area (Å²) >= 11 is 0. The Kier molecular flexibility index (Phi) is 1.30. The van der Waals surface area contributed by atoms with Gasteiger partial charge in [0.1, 0.15) is 0 Å². The summed E-state index contributed by atoms with van der Waals surface area (Å²) in [5.74, 6) is 0. The lowest BCUT2D eigenvalue weighted by Crippen LogP contribution is -1.97. The van der Waals surface area contributed by atoms with E-state index in [0.29, 0.717) is 0 Å². The third-order valence-corrected chi connectivity index (χ3v) is 1.52. The summed E-state index contributed by atoms with van der Waals surface area (Å²) in [6, 6.07) is 2.64. The van der Waals surface area contributed by atoms with Crippen LogP contribution in [0.4, 0.5) is 0 Å². The summed E-state index contributed by atoms with van der Waals surface area (Å²) in [5.41, 5.74) is 0. The standard InChI is InChI=1S/C4H4NO3S/c5-9(6,7)4-2-1-3-8-4/h1-3,5H. The molecule has 0 aliphatic heterocycles. The molecule has 1 rings (SSSR count). The van der Waals surface area contributed by atoms with E-state index in [4.69, 9.17) is 5.14 Å². The summed E-state index contributed by atoms with van der Waals surface area (Å²) in [5, 5.41) is 6.15. The van der Waals surface area contributed by atoms with Gasteiger partial charge in [0.25, 0.3) is 10.0 Å². The molecule has 0 saturated heterocycles. The molecule has 0 aliphatic carbocycles. The first-order valence-electron chi connectivity index (χ1n) is 2.14. The lowest BCUT2D eigenvalue weighted by Gasteiger charge is -1.84. The Morgan fingerprint density at radius 3 is 2.44 bits per heavy atom. The van der Waals surface area contributed by atoms with Crippen LogP contribution < -0.4 is 5.14 Å². The number of hydrogen-bond acceptors (Lipinski definition) is 3. The van der Waals surface area contributed by atoms with Crippen molar-refractivity contribution < 1.29 is 12.8 Å². The number of hydrogen-bond donors (Lipinski definition) is 0. The van der Waals surface area contributed by atoms with E-state index in [1.807, 2.05) is 0 Å². The largest absolute Gasteiger partial charge is 0.452 e. The van der Waals surface area contributed by atoms with Gasteiger partial charge in [-0.05, 0) is 12.1 Å². The normalized spacial score (nSPS) is 11.7. The first-order chi connectivity index (χ1) is 4.11. The Morgan fingerprint density at radius 1 is 1.56 bits per heavy atom. The van der Waals surface area contributed by atoms with Gasteiger partial charge in [-0.1, -0.05) is 0 Å². The summed E-state index contributed by atoms with van der Waals surface area (Å²) in [7, 11) is -3.88. The summed E-state index contributed by atoms with van der Waals surface area (Å²) < 4.78 is 25.0. The molecular formula is C4H4NO3S. The molecule has 0 unspecified atom stereocenters. The predicted octanol–water partition coefficient (Wildman–Crippen LogP) is 0.251. The summed E-state index contributed by atoms with van der Waals surface area (Å²) in [4.78, 5) is 0. The van der Waals surface area contributed by atoms with Gasteiger partial charge in [0.15, 0.2) is 0 Å². The van der Waals surface area contributed by atoms with Gasteiger partial charge >= 0.3 is 0 Å². The predicted molar refractivity (Wildman–Crippen MR) is 29.0 cm³/mol. The van der Waals surface area contributed by atoms with Gasteiger partial charge in [0.05, 0.1) is 6.26 Å². The SMILES string of the molecule is [NH]S(=O)(=O)c1ccco1. The lowest BCUT2D eigenvalue weighted by molar-refractivity contribution is 0.450. The Morgan fingerprint density at radius 2 is 2.22 bits per heavy atom. The minimum absolute atomic E-state index is 0.317. The van der Waals surface area contributed by atoms with E-state index in [1.54, 1.807) is 0 Å². The fourth-order valence-corrected chi connectivity index (χ4v) is 0.856. The summed E-state index contributed by atoms with van der Waals surface area (Å²) in [6.07, 6.45) is 1.21. The molecule has 0 atom stereocenters. The van der Waals surface area contributed by atoms with E-state index in [0.717, 1.165) is 0 Å². The second kappa shape index (κ2) is 1.85. The maximum absolute atomic E-state index is 10.3. The molecule has 5 heteroatoms. The van der Waals surface area contributed by atoms with Crippen LogP contribution in [0.1, 0.15) is 0 Å². The highest BCUT2D eigenvalue weighted by Gasteiger charge is 2.09. The van der Waals surface area contributed by atoms with E-state index >= 15 is 0 Å². The average molecular weight is 146 g/mol. The van der Waals surface area contributed by atoms with Crippen LogP contribution >= 0.6 is 0 Å². The fourth-order valence-electron chi connectivity index (χ4n) is 0.416. The minimum Gasteiger partial charge on any atom is -0.452 e. The van der Waals surface area contributed by atoms with Gasteiger partial charge in [0, 0.05) is 0 Å². The van der Waals surface area contributed by atoms with Crippen molar-refractivity contribution in [3.8, 4) is 0 Å². The van der Waals surface area contributed by atoms with Crippen LogP contribution in [0.2, 0.25) is 0 Å². The van der Waals surface area contributed by atoms with Crippen molar-refractivity contribution in [1.29, 1.82) is 0 Å². The van der Waals surface area contributed by atoms with Crippen LogP contribution in [0.25, 0.3) is 0 Å². The fraction of sp³-hybridized carbons (Fsp3) is 0. The first-order valence-corrected chi connectivity index (χ1v) is 3.62. The molecule has 49 valence electrons. The number of rotatable bonds is 1. The van der Waals surface area contributed by atoms with Gasteiger partial charge in [-0.25, -0.2) is 8.42 Å². The Bertz CT molecular complexity index is 273. The highest BCUT2D eigenvalue weighted by molar-refractivity contribution is 7.88. The van der Waals surface area contributed by atoms with Crippen molar-refractivity contribution >= 4 is 10.0 Å². The van der Waals surface area contributed by atoms with E-state index in [2.05, 4.69) is 4.42 Å². The van der Waals surface area contributed by atoms with Crippen LogP contribution in [0.3, 0.4) is 0 Å². The zero-order chi connectivity index (χ0) is 6.91. The van der Waals surface area contributed by atoms with E-state index < -0.39 is 10.0 Å². The second-order valence-electron chi connectivity index (χ2n) is 1.44. The smallest absolute Gasteiger partial charge is 0.287 e. The highest BCUT2D eigenvalue weighted by atomic mass is 32.2. The maximum Gasteiger partial charge on any atom is 0.287 e. The Balaban J connectivity index is 3.20. The number of sulfonamides is 1. The molecule has 4 nitrogen and oxygen atoms in total. The van der Waals surface area contributed by atoms with Crippen LogP contribution in [0, 0.1) is 0 Å². The maximum atomic E-state index is 10.3. The molecule has 0 aromatic carbocycles. The van der Waals surface area contributed by atoms with Gasteiger partial charge < -0.3 is 4.42 Å². The van der Waals surface area contributed by atoms with Crippen molar-refractivity contribution in [2.45, 2.75) is 5.09 Å². The molecule has 1 aromatic rings. The zero-order valence-electron chi connectivity index (χ0n) is 4.37. The van der Waals surface area contributed by atoms with E-state index in [-0.39, 0.29) is 5.09 Å². The van der Waals surface area contributed by atoms with Crippen LogP contribution in [-0.4, -0.2) is 8.42 Å². The van der Waals surface area contributed by atoms with E-state index in [9.17, 15) is 8.42 Å². The van der Waals surface area contributed by atoms with Gasteiger partial charge in [0.2, 0.25) is 5.09 Å². The number of nitrogens with one attached hydrogen (secondary N) is 1. The molecule has 1 radical (unpaired) electrons. The molecule has 9 heavy (non-hydrogen) atoms. The van der Waals surface area contributed by atoms with Gasteiger partial charge in [-0.2, -0.15) is 0 Å².